The highest BCUT2D eigenvalue weighted by molar-refractivity contribution is 5.68. The van der Waals surface area contributed by atoms with Gasteiger partial charge in [0.1, 0.15) is 12.4 Å². The van der Waals surface area contributed by atoms with E-state index in [9.17, 15) is 18.0 Å². The summed E-state index contributed by atoms with van der Waals surface area (Å²) in [4.78, 5) is 15.3. The smallest absolute Gasteiger partial charge is 0.488 e. The fraction of sp³-hybridized carbons (Fsp3) is 0.300. The maximum atomic E-state index is 13.8. The van der Waals surface area contributed by atoms with Crippen LogP contribution in [0.5, 0.6) is 11.5 Å². The first-order valence-electron chi connectivity index (χ1n) is 13.1. The zero-order valence-corrected chi connectivity index (χ0v) is 22.2. The number of alkyl halides is 3. The highest BCUT2D eigenvalue weighted by Crippen LogP contribution is 2.38. The van der Waals surface area contributed by atoms with Crippen molar-refractivity contribution in [1.82, 2.24) is 14.8 Å². The molecule has 0 aliphatic heterocycles. The van der Waals surface area contributed by atoms with Crippen LogP contribution < -0.4 is 9.47 Å². The summed E-state index contributed by atoms with van der Waals surface area (Å²) in [5, 5.41) is 12.5. The molecule has 0 saturated heterocycles. The molecular weight excluding hydrogens is 539 g/mol. The SMILES string of the molecule is CO[C@H]1CC[C@@H](c2ccc(COc3ccccc3-c3cccc(-n4ncc(OC(=O)O)c4C(F)(F)F)n3)cc2)CC1. The van der Waals surface area contributed by atoms with Crippen LogP contribution in [0.4, 0.5) is 18.0 Å². The van der Waals surface area contributed by atoms with E-state index in [0.717, 1.165) is 31.2 Å². The normalized spacial score (nSPS) is 17.3. The van der Waals surface area contributed by atoms with E-state index < -0.39 is 23.8 Å². The van der Waals surface area contributed by atoms with Crippen LogP contribution in [-0.4, -0.2) is 39.2 Å². The zero-order chi connectivity index (χ0) is 29.0. The molecule has 0 atom stereocenters. The van der Waals surface area contributed by atoms with E-state index in [1.165, 1.54) is 17.7 Å². The second-order valence-corrected chi connectivity index (χ2v) is 9.75. The van der Waals surface area contributed by atoms with Gasteiger partial charge in [-0.05, 0) is 67.0 Å². The molecule has 41 heavy (non-hydrogen) atoms. The lowest BCUT2D eigenvalue weighted by atomic mass is 9.82. The molecule has 2 heterocycles. The Hall–Kier alpha value is -4.38. The highest BCUT2D eigenvalue weighted by Gasteiger charge is 2.41. The molecule has 1 aliphatic carbocycles. The number of aromatic nitrogens is 3. The molecule has 11 heteroatoms. The second-order valence-electron chi connectivity index (χ2n) is 9.75. The van der Waals surface area contributed by atoms with Crippen LogP contribution in [0.25, 0.3) is 17.1 Å². The summed E-state index contributed by atoms with van der Waals surface area (Å²) >= 11 is 0. The number of para-hydroxylation sites is 1. The molecule has 2 aromatic carbocycles. The molecule has 0 amide bonds. The highest BCUT2D eigenvalue weighted by atomic mass is 19.4. The first-order valence-corrected chi connectivity index (χ1v) is 13.1. The fourth-order valence-corrected chi connectivity index (χ4v) is 5.11. The summed E-state index contributed by atoms with van der Waals surface area (Å²) in [7, 11) is 1.77. The molecular formula is C30H28F3N3O5. The van der Waals surface area contributed by atoms with E-state index in [2.05, 4.69) is 27.0 Å². The lowest BCUT2D eigenvalue weighted by Gasteiger charge is -2.27. The van der Waals surface area contributed by atoms with Crippen molar-refractivity contribution in [2.75, 3.05) is 7.11 Å². The summed E-state index contributed by atoms with van der Waals surface area (Å²) in [5.41, 5.74) is 1.82. The Kier molecular flexibility index (Phi) is 8.25. The molecule has 1 fully saturated rings. The Bertz CT molecular complexity index is 1500. The van der Waals surface area contributed by atoms with E-state index in [1.807, 2.05) is 12.1 Å². The van der Waals surface area contributed by atoms with Gasteiger partial charge in [0.05, 0.1) is 18.0 Å². The van der Waals surface area contributed by atoms with E-state index in [-0.39, 0.29) is 5.82 Å². The topological polar surface area (TPSA) is 95.7 Å². The number of pyridine rings is 1. The van der Waals surface area contributed by atoms with Crippen molar-refractivity contribution in [2.24, 2.45) is 0 Å². The quantitative estimate of drug-likeness (QED) is 0.224. The maximum Gasteiger partial charge on any atom is 0.511 e. The number of methoxy groups -OCH3 is 1. The largest absolute Gasteiger partial charge is 0.511 e. The van der Waals surface area contributed by atoms with Gasteiger partial charge in [0.25, 0.3) is 0 Å². The molecule has 0 bridgehead atoms. The third-order valence-corrected chi connectivity index (χ3v) is 7.17. The Morgan fingerprint density at radius 2 is 1.71 bits per heavy atom. The summed E-state index contributed by atoms with van der Waals surface area (Å²) < 4.78 is 57.8. The first-order chi connectivity index (χ1) is 19.7. The second kappa shape index (κ2) is 12.0. The Balaban J connectivity index is 1.34. The standard InChI is InChI=1S/C30H28F3N3O5/c1-39-22-15-13-21(14-16-22)20-11-9-19(10-12-20)18-40-25-7-3-2-5-23(25)24-6-4-8-27(35-24)36-28(30(31,32)33)26(17-34-36)41-29(37)38/h2-12,17,21-22H,13-16,18H2,1H3,(H,37,38)/t21-,22+. The van der Waals surface area contributed by atoms with Crippen molar-refractivity contribution in [3.05, 3.63) is 89.7 Å². The third kappa shape index (κ3) is 6.51. The van der Waals surface area contributed by atoms with Crippen molar-refractivity contribution in [3.8, 4) is 28.6 Å². The van der Waals surface area contributed by atoms with Gasteiger partial charge in [-0.25, -0.2) is 14.5 Å². The molecule has 1 aliphatic rings. The molecule has 4 aromatic rings. The van der Waals surface area contributed by atoms with Crippen LogP contribution >= 0.6 is 0 Å². The van der Waals surface area contributed by atoms with Crippen LogP contribution in [-0.2, 0) is 17.5 Å². The minimum absolute atomic E-state index is 0.167. The Labute approximate surface area is 234 Å². The van der Waals surface area contributed by atoms with E-state index in [4.69, 9.17) is 14.6 Å². The van der Waals surface area contributed by atoms with Gasteiger partial charge < -0.3 is 19.3 Å². The summed E-state index contributed by atoms with van der Waals surface area (Å²) in [6.07, 6.45) is -1.46. The number of ether oxygens (including phenoxy) is 3. The molecule has 0 spiro atoms. The van der Waals surface area contributed by atoms with Crippen molar-refractivity contribution in [2.45, 2.75) is 50.5 Å². The lowest BCUT2D eigenvalue weighted by molar-refractivity contribution is -0.143. The van der Waals surface area contributed by atoms with Crippen LogP contribution in [0.2, 0.25) is 0 Å². The van der Waals surface area contributed by atoms with Gasteiger partial charge in [0.15, 0.2) is 17.3 Å². The third-order valence-electron chi connectivity index (χ3n) is 7.17. The van der Waals surface area contributed by atoms with Crippen LogP contribution in [0.1, 0.15) is 48.4 Å². The fourth-order valence-electron chi connectivity index (χ4n) is 5.11. The molecule has 214 valence electrons. The monoisotopic (exact) mass is 567 g/mol. The summed E-state index contributed by atoms with van der Waals surface area (Å²) in [6, 6.07) is 20.0. The number of hydrogen-bond acceptors (Lipinski definition) is 6. The van der Waals surface area contributed by atoms with Gasteiger partial charge in [0.2, 0.25) is 0 Å². The Morgan fingerprint density at radius 1 is 0.976 bits per heavy atom. The van der Waals surface area contributed by atoms with Crippen molar-refractivity contribution < 1.29 is 37.3 Å². The average molecular weight is 568 g/mol. The van der Waals surface area contributed by atoms with Crippen molar-refractivity contribution >= 4 is 6.16 Å². The van der Waals surface area contributed by atoms with Crippen LogP contribution in [0.15, 0.2) is 72.9 Å². The van der Waals surface area contributed by atoms with Crippen molar-refractivity contribution in [1.29, 1.82) is 0 Å². The van der Waals surface area contributed by atoms with Crippen molar-refractivity contribution in [3.63, 3.8) is 0 Å². The van der Waals surface area contributed by atoms with Crippen LogP contribution in [0, 0.1) is 0 Å². The Morgan fingerprint density at radius 3 is 2.39 bits per heavy atom. The maximum absolute atomic E-state index is 13.8. The number of benzene rings is 2. The number of nitrogens with zero attached hydrogens (tertiary/aromatic N) is 3. The van der Waals surface area contributed by atoms with Gasteiger partial charge in [-0.1, -0.05) is 42.5 Å². The average Bonchev–Trinajstić information content (AvgIpc) is 3.40. The van der Waals surface area contributed by atoms with Crippen LogP contribution in [0.3, 0.4) is 0 Å². The van der Waals surface area contributed by atoms with Gasteiger partial charge >= 0.3 is 12.3 Å². The number of carbonyl (C=O) groups is 1. The molecule has 1 N–H and O–H groups in total. The molecule has 8 nitrogen and oxygen atoms in total. The van der Waals surface area contributed by atoms with Gasteiger partial charge in [-0.3, -0.25) is 0 Å². The first kappa shape index (κ1) is 28.2. The zero-order valence-electron chi connectivity index (χ0n) is 22.2. The van der Waals surface area contributed by atoms with Gasteiger partial charge in [0, 0.05) is 12.7 Å². The summed E-state index contributed by atoms with van der Waals surface area (Å²) in [5.74, 6) is -0.0741. The van der Waals surface area contributed by atoms with Gasteiger partial charge in [-0.15, -0.1) is 0 Å². The molecule has 2 aromatic heterocycles. The number of hydrogen-bond donors (Lipinski definition) is 1. The number of carboxylic acid groups (broad SMARTS) is 1. The van der Waals surface area contributed by atoms with E-state index >= 15 is 0 Å². The lowest BCUT2D eigenvalue weighted by Crippen LogP contribution is -2.19. The molecule has 0 radical (unpaired) electrons. The molecule has 5 rings (SSSR count). The predicted octanol–water partition coefficient (Wildman–Crippen LogP) is 7.26. The minimum atomic E-state index is -4.95. The minimum Gasteiger partial charge on any atom is -0.488 e. The number of halogens is 3. The van der Waals surface area contributed by atoms with E-state index in [0.29, 0.717) is 46.5 Å². The number of rotatable bonds is 8. The van der Waals surface area contributed by atoms with Gasteiger partial charge in [-0.2, -0.15) is 18.3 Å². The predicted molar refractivity (Wildman–Crippen MR) is 143 cm³/mol. The van der Waals surface area contributed by atoms with E-state index in [1.54, 1.807) is 37.4 Å². The molecule has 1 saturated carbocycles. The molecule has 0 unspecified atom stereocenters. The summed E-state index contributed by atoms with van der Waals surface area (Å²) in [6.45, 7) is 0.292.